The summed E-state index contributed by atoms with van der Waals surface area (Å²) < 4.78 is 10.6. The van der Waals surface area contributed by atoms with Gasteiger partial charge in [0.15, 0.2) is 0 Å². The van der Waals surface area contributed by atoms with Crippen LogP contribution in [0.2, 0.25) is 0 Å². The lowest BCUT2D eigenvalue weighted by molar-refractivity contribution is 0.113. The molecule has 1 aromatic carbocycles. The van der Waals surface area contributed by atoms with Crippen molar-refractivity contribution in [3.63, 3.8) is 0 Å². The Hall–Kier alpha value is -1.22. The third-order valence-electron chi connectivity index (χ3n) is 3.58. The number of aliphatic hydroxyl groups excluding tert-OH is 1. The van der Waals surface area contributed by atoms with E-state index in [0.29, 0.717) is 17.4 Å². The maximum atomic E-state index is 10.3. The molecule has 1 atom stereocenters. The lowest BCUT2D eigenvalue weighted by atomic mass is 9.80. The largest absolute Gasteiger partial charge is 0.496 e. The number of benzene rings is 1. The van der Waals surface area contributed by atoms with Crippen molar-refractivity contribution < 1.29 is 14.6 Å². The van der Waals surface area contributed by atoms with Crippen molar-refractivity contribution in [2.45, 2.75) is 31.8 Å². The summed E-state index contributed by atoms with van der Waals surface area (Å²) in [5, 5.41) is 10.3. The smallest absolute Gasteiger partial charge is 0.128 e. The van der Waals surface area contributed by atoms with E-state index < -0.39 is 6.10 Å². The van der Waals surface area contributed by atoms with E-state index in [4.69, 9.17) is 9.47 Å². The summed E-state index contributed by atoms with van der Waals surface area (Å²) in [5.74, 6) is 2.06. The summed E-state index contributed by atoms with van der Waals surface area (Å²) in [7, 11) is 3.24. The molecule has 1 fully saturated rings. The van der Waals surface area contributed by atoms with Crippen molar-refractivity contribution in [1.29, 1.82) is 0 Å². The van der Waals surface area contributed by atoms with E-state index in [1.54, 1.807) is 14.2 Å². The Morgan fingerprint density at radius 2 is 1.82 bits per heavy atom. The Bertz CT molecular complexity index is 349. The fraction of sp³-hybridized carbons (Fsp3) is 0.571. The van der Waals surface area contributed by atoms with E-state index >= 15 is 0 Å². The lowest BCUT2D eigenvalue weighted by Gasteiger charge is -2.28. The lowest BCUT2D eigenvalue weighted by Crippen LogP contribution is -2.15. The number of ether oxygens (including phenoxy) is 2. The van der Waals surface area contributed by atoms with Gasteiger partial charge in [-0.1, -0.05) is 25.3 Å². The minimum atomic E-state index is -0.494. The van der Waals surface area contributed by atoms with Gasteiger partial charge in [-0.05, 0) is 24.5 Å². The molecule has 17 heavy (non-hydrogen) atoms. The van der Waals surface area contributed by atoms with Crippen molar-refractivity contribution in [1.82, 2.24) is 0 Å². The predicted octanol–water partition coefficient (Wildman–Crippen LogP) is 2.93. The molecule has 0 aromatic heterocycles. The van der Waals surface area contributed by atoms with E-state index in [2.05, 4.69) is 0 Å². The van der Waals surface area contributed by atoms with Crippen LogP contribution in [0, 0.1) is 5.92 Å². The number of rotatable bonds is 5. The van der Waals surface area contributed by atoms with Gasteiger partial charge >= 0.3 is 0 Å². The van der Waals surface area contributed by atoms with Crippen LogP contribution in [0.3, 0.4) is 0 Å². The second-order valence-electron chi connectivity index (χ2n) is 4.62. The van der Waals surface area contributed by atoms with Crippen LogP contribution in [0.4, 0.5) is 0 Å². The van der Waals surface area contributed by atoms with Gasteiger partial charge < -0.3 is 14.6 Å². The monoisotopic (exact) mass is 236 g/mol. The van der Waals surface area contributed by atoms with Crippen LogP contribution in [0.25, 0.3) is 0 Å². The molecule has 0 saturated heterocycles. The molecule has 1 aliphatic rings. The van der Waals surface area contributed by atoms with Crippen LogP contribution in [0.15, 0.2) is 18.2 Å². The highest BCUT2D eigenvalue weighted by Crippen LogP contribution is 2.40. The van der Waals surface area contributed by atoms with E-state index in [1.165, 1.54) is 19.3 Å². The van der Waals surface area contributed by atoms with Crippen LogP contribution in [-0.4, -0.2) is 19.3 Å². The molecule has 0 aliphatic heterocycles. The van der Waals surface area contributed by atoms with Gasteiger partial charge in [-0.15, -0.1) is 0 Å². The summed E-state index contributed by atoms with van der Waals surface area (Å²) >= 11 is 0. The van der Waals surface area contributed by atoms with Crippen molar-refractivity contribution >= 4 is 0 Å². The van der Waals surface area contributed by atoms with Gasteiger partial charge in [-0.3, -0.25) is 0 Å². The molecule has 3 nitrogen and oxygen atoms in total. The SMILES string of the molecule is COc1cccc(OC)c1C(O)CC1CCC1. The van der Waals surface area contributed by atoms with Crippen LogP contribution < -0.4 is 9.47 Å². The average Bonchev–Trinajstić information content (AvgIpc) is 2.32. The highest BCUT2D eigenvalue weighted by Gasteiger charge is 2.25. The first-order chi connectivity index (χ1) is 8.26. The maximum absolute atomic E-state index is 10.3. The van der Waals surface area contributed by atoms with E-state index in [-0.39, 0.29) is 0 Å². The Kier molecular flexibility index (Phi) is 3.89. The third-order valence-corrected chi connectivity index (χ3v) is 3.58. The first-order valence-electron chi connectivity index (χ1n) is 6.15. The average molecular weight is 236 g/mol. The van der Waals surface area contributed by atoms with Crippen molar-refractivity contribution in [3.05, 3.63) is 23.8 Å². The molecule has 2 rings (SSSR count). The summed E-state index contributed by atoms with van der Waals surface area (Å²) in [6, 6.07) is 5.60. The van der Waals surface area contributed by atoms with Crippen LogP contribution >= 0.6 is 0 Å². The molecule has 1 aromatic rings. The fourth-order valence-corrected chi connectivity index (χ4v) is 2.37. The summed E-state index contributed by atoms with van der Waals surface area (Å²) in [6.45, 7) is 0. The summed E-state index contributed by atoms with van der Waals surface area (Å²) in [6.07, 6.45) is 4.06. The van der Waals surface area contributed by atoms with Gasteiger partial charge in [0.2, 0.25) is 0 Å². The van der Waals surface area contributed by atoms with E-state index in [0.717, 1.165) is 12.0 Å². The molecular weight excluding hydrogens is 216 g/mol. The Morgan fingerprint density at radius 1 is 1.24 bits per heavy atom. The maximum Gasteiger partial charge on any atom is 0.128 e. The molecule has 0 radical (unpaired) electrons. The van der Waals surface area contributed by atoms with Gasteiger partial charge in [0.1, 0.15) is 11.5 Å². The van der Waals surface area contributed by atoms with E-state index in [1.807, 2.05) is 18.2 Å². The third kappa shape index (κ3) is 2.55. The molecule has 0 bridgehead atoms. The van der Waals surface area contributed by atoms with Crippen molar-refractivity contribution in [3.8, 4) is 11.5 Å². The van der Waals surface area contributed by atoms with Gasteiger partial charge in [-0.25, -0.2) is 0 Å². The van der Waals surface area contributed by atoms with Gasteiger partial charge in [0.25, 0.3) is 0 Å². The Morgan fingerprint density at radius 3 is 2.24 bits per heavy atom. The molecule has 94 valence electrons. The quantitative estimate of drug-likeness (QED) is 0.854. The molecule has 1 saturated carbocycles. The highest BCUT2D eigenvalue weighted by molar-refractivity contribution is 5.46. The topological polar surface area (TPSA) is 38.7 Å². The molecule has 1 aliphatic carbocycles. The molecule has 1 N–H and O–H groups in total. The van der Waals surface area contributed by atoms with E-state index in [9.17, 15) is 5.11 Å². The predicted molar refractivity (Wildman–Crippen MR) is 66.5 cm³/mol. The van der Waals surface area contributed by atoms with Gasteiger partial charge in [-0.2, -0.15) is 0 Å². The number of hydrogen-bond acceptors (Lipinski definition) is 3. The van der Waals surface area contributed by atoms with Crippen LogP contribution in [0.5, 0.6) is 11.5 Å². The highest BCUT2D eigenvalue weighted by atomic mass is 16.5. The zero-order chi connectivity index (χ0) is 12.3. The second kappa shape index (κ2) is 5.41. The zero-order valence-electron chi connectivity index (χ0n) is 10.5. The summed E-state index contributed by atoms with van der Waals surface area (Å²) in [5.41, 5.74) is 0.782. The zero-order valence-corrected chi connectivity index (χ0v) is 10.5. The number of hydrogen-bond donors (Lipinski definition) is 1. The fourth-order valence-electron chi connectivity index (χ4n) is 2.37. The summed E-state index contributed by atoms with van der Waals surface area (Å²) in [4.78, 5) is 0. The molecule has 3 heteroatoms. The standard InChI is InChI=1S/C14H20O3/c1-16-12-7-4-8-13(17-2)14(12)11(15)9-10-5-3-6-10/h4,7-8,10-11,15H,3,5-6,9H2,1-2H3. The first-order valence-corrected chi connectivity index (χ1v) is 6.15. The van der Waals surface area contributed by atoms with Crippen molar-refractivity contribution in [2.75, 3.05) is 14.2 Å². The molecule has 0 heterocycles. The molecule has 1 unspecified atom stereocenters. The normalized spacial score (nSPS) is 17.4. The number of methoxy groups -OCH3 is 2. The minimum absolute atomic E-state index is 0.494. The Labute approximate surface area is 102 Å². The van der Waals surface area contributed by atoms with Crippen LogP contribution in [-0.2, 0) is 0 Å². The number of aliphatic hydroxyl groups is 1. The minimum Gasteiger partial charge on any atom is -0.496 e. The molecular formula is C14H20O3. The second-order valence-corrected chi connectivity index (χ2v) is 4.62. The van der Waals surface area contributed by atoms with Crippen LogP contribution in [0.1, 0.15) is 37.4 Å². The van der Waals surface area contributed by atoms with Gasteiger partial charge in [0, 0.05) is 0 Å². The first kappa shape index (κ1) is 12.2. The molecule has 0 spiro atoms. The van der Waals surface area contributed by atoms with Gasteiger partial charge in [0.05, 0.1) is 25.9 Å². The van der Waals surface area contributed by atoms with Crippen molar-refractivity contribution in [2.24, 2.45) is 5.92 Å². The molecule has 0 amide bonds. The Balaban J connectivity index is 2.20.